The highest BCUT2D eigenvalue weighted by atomic mass is 19.1. The summed E-state index contributed by atoms with van der Waals surface area (Å²) >= 11 is 0. The van der Waals surface area contributed by atoms with Crippen molar-refractivity contribution in [1.82, 2.24) is 9.88 Å². The summed E-state index contributed by atoms with van der Waals surface area (Å²) in [4.78, 5) is 29.6. The van der Waals surface area contributed by atoms with Crippen molar-refractivity contribution in [2.24, 2.45) is 0 Å². The lowest BCUT2D eigenvalue weighted by Crippen LogP contribution is -2.34. The number of benzene rings is 2. The first-order valence-corrected chi connectivity index (χ1v) is 8.76. The Balaban J connectivity index is 1.92. The lowest BCUT2D eigenvalue weighted by Gasteiger charge is -2.22. The number of amides is 1. The van der Waals surface area contributed by atoms with Crippen LogP contribution < -0.4 is 5.56 Å². The van der Waals surface area contributed by atoms with Crippen LogP contribution in [0.1, 0.15) is 27.9 Å². The van der Waals surface area contributed by atoms with Gasteiger partial charge in [-0.3, -0.25) is 9.59 Å². The number of hydrogen-bond acceptors (Lipinski definition) is 3. The maximum atomic E-state index is 13.1. The van der Waals surface area contributed by atoms with E-state index in [0.717, 1.165) is 16.5 Å². The summed E-state index contributed by atoms with van der Waals surface area (Å²) in [5, 5.41) is 10.0. The summed E-state index contributed by atoms with van der Waals surface area (Å²) < 4.78 is 13.1. The average molecular weight is 368 g/mol. The molecule has 0 aliphatic heterocycles. The number of carbonyl (C=O) groups excluding carboxylic acids is 1. The van der Waals surface area contributed by atoms with E-state index in [4.69, 9.17) is 5.11 Å². The van der Waals surface area contributed by atoms with Gasteiger partial charge >= 0.3 is 0 Å². The molecule has 27 heavy (non-hydrogen) atoms. The molecule has 0 saturated heterocycles. The molecule has 0 bridgehead atoms. The fourth-order valence-electron chi connectivity index (χ4n) is 2.97. The number of carbonyl (C=O) groups is 1. The molecule has 1 amide bonds. The predicted molar refractivity (Wildman–Crippen MR) is 102 cm³/mol. The molecule has 0 spiro atoms. The number of pyridine rings is 1. The molecule has 0 unspecified atom stereocenters. The van der Waals surface area contributed by atoms with Gasteiger partial charge in [-0.05, 0) is 60.7 Å². The Kier molecular flexibility index (Phi) is 5.66. The van der Waals surface area contributed by atoms with Crippen LogP contribution in [0.15, 0.2) is 53.3 Å². The number of fused-ring (bicyclic) bond motifs is 1. The highest BCUT2D eigenvalue weighted by Crippen LogP contribution is 2.15. The van der Waals surface area contributed by atoms with E-state index in [1.807, 2.05) is 25.1 Å². The molecule has 1 heterocycles. The first kappa shape index (κ1) is 18.8. The topological polar surface area (TPSA) is 73.4 Å². The monoisotopic (exact) mass is 368 g/mol. The number of nitrogens with one attached hydrogen (secondary N) is 1. The Bertz CT molecular complexity index is 1010. The highest BCUT2D eigenvalue weighted by molar-refractivity contribution is 5.94. The van der Waals surface area contributed by atoms with Crippen LogP contribution in [0.3, 0.4) is 0 Å². The molecular weight excluding hydrogens is 347 g/mol. The Morgan fingerprint density at radius 1 is 1.15 bits per heavy atom. The molecule has 6 heteroatoms. The first-order valence-electron chi connectivity index (χ1n) is 8.76. The molecular formula is C21H21FN2O3. The Hall–Kier alpha value is -2.99. The minimum atomic E-state index is -0.422. The van der Waals surface area contributed by atoms with Crippen LogP contribution in [0.5, 0.6) is 0 Å². The van der Waals surface area contributed by atoms with Crippen LogP contribution in [0.25, 0.3) is 10.9 Å². The van der Waals surface area contributed by atoms with Crippen molar-refractivity contribution in [2.75, 3.05) is 13.2 Å². The van der Waals surface area contributed by atoms with E-state index in [1.54, 1.807) is 6.07 Å². The Morgan fingerprint density at radius 2 is 1.89 bits per heavy atom. The summed E-state index contributed by atoms with van der Waals surface area (Å²) in [6.45, 7) is 2.28. The lowest BCUT2D eigenvalue weighted by molar-refractivity contribution is 0.0731. The van der Waals surface area contributed by atoms with E-state index >= 15 is 0 Å². The molecule has 140 valence electrons. The number of halogens is 1. The van der Waals surface area contributed by atoms with Gasteiger partial charge in [-0.25, -0.2) is 4.39 Å². The van der Waals surface area contributed by atoms with Crippen molar-refractivity contribution in [1.29, 1.82) is 0 Å². The summed E-state index contributed by atoms with van der Waals surface area (Å²) in [5.41, 5.74) is 2.33. The van der Waals surface area contributed by atoms with Gasteiger partial charge in [-0.2, -0.15) is 0 Å². The molecule has 2 aromatic carbocycles. The zero-order chi connectivity index (χ0) is 19.4. The van der Waals surface area contributed by atoms with Crippen LogP contribution >= 0.6 is 0 Å². The molecule has 0 saturated carbocycles. The number of H-pyrrole nitrogens is 1. The number of nitrogens with zero attached hydrogens (tertiary/aromatic N) is 1. The number of aliphatic hydroxyl groups excluding tert-OH is 1. The van der Waals surface area contributed by atoms with Crippen LogP contribution in [-0.4, -0.2) is 34.0 Å². The van der Waals surface area contributed by atoms with Crippen molar-refractivity contribution in [3.8, 4) is 0 Å². The molecule has 0 radical (unpaired) electrons. The fourth-order valence-corrected chi connectivity index (χ4v) is 2.97. The van der Waals surface area contributed by atoms with Gasteiger partial charge in [0.2, 0.25) is 0 Å². The van der Waals surface area contributed by atoms with Crippen molar-refractivity contribution < 1.29 is 14.3 Å². The second-order valence-electron chi connectivity index (χ2n) is 6.53. The normalized spacial score (nSPS) is 10.9. The van der Waals surface area contributed by atoms with Crippen LogP contribution in [0.4, 0.5) is 4.39 Å². The lowest BCUT2D eigenvalue weighted by atomic mass is 10.1. The first-order chi connectivity index (χ1) is 13.0. The SMILES string of the molecule is Cc1ccc2cc(CN(CCCO)C(=O)c3ccc(F)cc3)c(=O)[nH]c2c1. The second kappa shape index (κ2) is 8.14. The number of aryl methyl sites for hydroxylation is 1. The zero-order valence-electron chi connectivity index (χ0n) is 15.0. The molecule has 0 fully saturated rings. The van der Waals surface area contributed by atoms with Gasteiger partial charge in [-0.1, -0.05) is 12.1 Å². The number of rotatable bonds is 6. The van der Waals surface area contributed by atoms with E-state index in [2.05, 4.69) is 4.98 Å². The van der Waals surface area contributed by atoms with Crippen molar-refractivity contribution in [2.45, 2.75) is 19.9 Å². The third-order valence-electron chi connectivity index (χ3n) is 4.40. The van der Waals surface area contributed by atoms with Crippen molar-refractivity contribution in [3.05, 3.63) is 81.4 Å². The molecule has 0 aliphatic rings. The van der Waals surface area contributed by atoms with Crippen molar-refractivity contribution in [3.63, 3.8) is 0 Å². The Morgan fingerprint density at radius 3 is 2.59 bits per heavy atom. The largest absolute Gasteiger partial charge is 0.396 e. The van der Waals surface area contributed by atoms with E-state index in [0.29, 0.717) is 17.5 Å². The third kappa shape index (κ3) is 4.41. The number of aromatic nitrogens is 1. The maximum Gasteiger partial charge on any atom is 0.254 e. The van der Waals surface area contributed by atoms with E-state index in [1.165, 1.54) is 29.2 Å². The van der Waals surface area contributed by atoms with Gasteiger partial charge in [0.1, 0.15) is 5.82 Å². The fraction of sp³-hybridized carbons (Fsp3) is 0.238. The molecule has 0 aliphatic carbocycles. The van der Waals surface area contributed by atoms with Crippen LogP contribution in [0.2, 0.25) is 0 Å². The summed E-state index contributed by atoms with van der Waals surface area (Å²) in [5.74, 6) is -0.735. The summed E-state index contributed by atoms with van der Waals surface area (Å²) in [7, 11) is 0. The highest BCUT2D eigenvalue weighted by Gasteiger charge is 2.18. The minimum Gasteiger partial charge on any atom is -0.396 e. The zero-order valence-corrected chi connectivity index (χ0v) is 15.0. The predicted octanol–water partition coefficient (Wildman–Crippen LogP) is 3.00. The van der Waals surface area contributed by atoms with Gasteiger partial charge in [0.05, 0.1) is 6.54 Å². The summed E-state index contributed by atoms with van der Waals surface area (Å²) in [6, 6.07) is 12.8. The van der Waals surface area contributed by atoms with E-state index < -0.39 is 5.82 Å². The Labute approximate surface area is 156 Å². The van der Waals surface area contributed by atoms with Crippen LogP contribution in [0, 0.1) is 12.7 Å². The van der Waals surface area contributed by atoms with E-state index in [-0.39, 0.29) is 31.2 Å². The van der Waals surface area contributed by atoms with Gasteiger partial charge in [0, 0.05) is 29.8 Å². The van der Waals surface area contributed by atoms with Crippen LogP contribution in [-0.2, 0) is 6.54 Å². The molecule has 3 aromatic rings. The van der Waals surface area contributed by atoms with Gasteiger partial charge in [-0.15, -0.1) is 0 Å². The number of aliphatic hydroxyl groups is 1. The van der Waals surface area contributed by atoms with Gasteiger partial charge < -0.3 is 15.0 Å². The number of aromatic amines is 1. The molecule has 0 atom stereocenters. The van der Waals surface area contributed by atoms with Gasteiger partial charge in [0.15, 0.2) is 0 Å². The van der Waals surface area contributed by atoms with E-state index in [9.17, 15) is 14.0 Å². The molecule has 3 rings (SSSR count). The summed E-state index contributed by atoms with van der Waals surface area (Å²) in [6.07, 6.45) is 0.387. The average Bonchev–Trinajstić information content (AvgIpc) is 2.65. The minimum absolute atomic E-state index is 0.0689. The molecule has 1 aromatic heterocycles. The quantitative estimate of drug-likeness (QED) is 0.702. The van der Waals surface area contributed by atoms with Crippen molar-refractivity contribution >= 4 is 16.8 Å². The standard InChI is InChI=1S/C21H21FN2O3/c1-14-3-4-16-12-17(20(26)23-19(16)11-14)13-24(9-2-10-25)21(27)15-5-7-18(22)8-6-15/h3-8,11-12,25H,2,9-10,13H2,1H3,(H,23,26). The second-order valence-corrected chi connectivity index (χ2v) is 6.53. The molecule has 5 nitrogen and oxygen atoms in total. The maximum absolute atomic E-state index is 13.1. The molecule has 2 N–H and O–H groups in total. The third-order valence-corrected chi connectivity index (χ3v) is 4.40. The van der Waals surface area contributed by atoms with Gasteiger partial charge in [0.25, 0.3) is 11.5 Å². The number of hydrogen-bond donors (Lipinski definition) is 2. The smallest absolute Gasteiger partial charge is 0.254 e.